The molecular formula is C15H17NOS2. The van der Waals surface area contributed by atoms with Crippen molar-refractivity contribution in [3.8, 4) is 0 Å². The lowest BCUT2D eigenvalue weighted by atomic mass is 10.1. The Bertz CT molecular complexity index is 574. The van der Waals surface area contributed by atoms with Crippen molar-refractivity contribution in [2.75, 3.05) is 0 Å². The number of aryl methyl sites for hydroxylation is 3. The van der Waals surface area contributed by atoms with Gasteiger partial charge >= 0.3 is 0 Å². The minimum atomic E-state index is 0.229. The molecule has 0 aromatic carbocycles. The summed E-state index contributed by atoms with van der Waals surface area (Å²) >= 11 is 3.29. The van der Waals surface area contributed by atoms with Crippen LogP contribution in [0.1, 0.15) is 50.1 Å². The fraction of sp³-hybridized carbons (Fsp3) is 0.467. The maximum atomic E-state index is 12.3. The summed E-state index contributed by atoms with van der Waals surface area (Å²) in [6.07, 6.45) is 6.62. The third kappa shape index (κ3) is 2.95. The van der Waals surface area contributed by atoms with E-state index in [-0.39, 0.29) is 5.78 Å². The summed E-state index contributed by atoms with van der Waals surface area (Å²) in [6, 6.07) is 2.13. The van der Waals surface area contributed by atoms with E-state index in [1.165, 1.54) is 29.7 Å². The molecule has 19 heavy (non-hydrogen) atoms. The molecule has 2 nitrogen and oxygen atoms in total. The van der Waals surface area contributed by atoms with Crippen molar-refractivity contribution in [3.63, 3.8) is 0 Å². The van der Waals surface area contributed by atoms with Crippen LogP contribution in [0.4, 0.5) is 0 Å². The second-order valence-corrected chi connectivity index (χ2v) is 7.18. The number of ketones is 1. The molecule has 0 amide bonds. The molecular weight excluding hydrogens is 274 g/mol. The Balaban J connectivity index is 1.76. The number of thiazole rings is 1. The van der Waals surface area contributed by atoms with Crippen LogP contribution in [0.25, 0.3) is 0 Å². The van der Waals surface area contributed by atoms with Gasteiger partial charge in [-0.15, -0.1) is 22.7 Å². The molecule has 2 aromatic rings. The molecule has 0 unspecified atom stereocenters. The summed E-state index contributed by atoms with van der Waals surface area (Å²) in [7, 11) is 0. The van der Waals surface area contributed by atoms with Gasteiger partial charge < -0.3 is 0 Å². The van der Waals surface area contributed by atoms with Crippen molar-refractivity contribution < 1.29 is 4.79 Å². The zero-order valence-corrected chi connectivity index (χ0v) is 12.7. The molecule has 0 saturated carbocycles. The average molecular weight is 291 g/mol. The van der Waals surface area contributed by atoms with Gasteiger partial charge in [0, 0.05) is 16.0 Å². The first kappa shape index (κ1) is 13.0. The van der Waals surface area contributed by atoms with E-state index < -0.39 is 0 Å². The van der Waals surface area contributed by atoms with Gasteiger partial charge in [0.25, 0.3) is 0 Å². The van der Waals surface area contributed by atoms with Crippen LogP contribution in [-0.4, -0.2) is 10.8 Å². The zero-order chi connectivity index (χ0) is 13.2. The predicted molar refractivity (Wildman–Crippen MR) is 80.5 cm³/mol. The van der Waals surface area contributed by atoms with Crippen LogP contribution in [-0.2, 0) is 19.3 Å². The van der Waals surface area contributed by atoms with Gasteiger partial charge in [-0.2, -0.15) is 0 Å². The summed E-state index contributed by atoms with van der Waals surface area (Å²) in [4.78, 5) is 19.1. The number of carbonyl (C=O) groups is 1. The Labute approximate surface area is 121 Å². The van der Waals surface area contributed by atoms with E-state index in [2.05, 4.69) is 11.1 Å². The molecule has 0 bridgehead atoms. The van der Waals surface area contributed by atoms with Crippen molar-refractivity contribution in [1.29, 1.82) is 0 Å². The molecule has 0 radical (unpaired) electrons. The summed E-state index contributed by atoms with van der Waals surface area (Å²) in [5.74, 6) is 0.229. The van der Waals surface area contributed by atoms with Gasteiger partial charge in [-0.3, -0.25) is 4.79 Å². The number of rotatable bonds is 3. The molecule has 0 fully saturated rings. The zero-order valence-electron chi connectivity index (χ0n) is 11.1. The highest BCUT2D eigenvalue weighted by Crippen LogP contribution is 2.29. The lowest BCUT2D eigenvalue weighted by molar-refractivity contribution is 0.0996. The lowest BCUT2D eigenvalue weighted by Gasteiger charge is -1.95. The second kappa shape index (κ2) is 5.55. The third-order valence-corrected chi connectivity index (χ3v) is 5.74. The second-order valence-electron chi connectivity index (χ2n) is 5.10. The van der Waals surface area contributed by atoms with Crippen LogP contribution in [0.5, 0.6) is 0 Å². The molecule has 0 saturated heterocycles. The summed E-state index contributed by atoms with van der Waals surface area (Å²) < 4.78 is 0. The molecule has 1 aliphatic rings. The smallest absolute Gasteiger partial charge is 0.179 e. The lowest BCUT2D eigenvalue weighted by Crippen LogP contribution is -2.00. The van der Waals surface area contributed by atoms with Crippen LogP contribution in [0.15, 0.2) is 11.4 Å². The Morgan fingerprint density at radius 1 is 1.32 bits per heavy atom. The van der Waals surface area contributed by atoms with Crippen LogP contribution in [0.3, 0.4) is 0 Å². The van der Waals surface area contributed by atoms with Crippen molar-refractivity contribution in [2.45, 2.75) is 45.4 Å². The average Bonchev–Trinajstić information content (AvgIpc) is 2.91. The van der Waals surface area contributed by atoms with E-state index in [1.807, 2.05) is 12.3 Å². The standard InChI is InChI=1S/C15H17NOS2/c1-10-9-18-15(16-10)8-12(17)14-7-11-5-3-2-4-6-13(11)19-14/h7,9H,2-6,8H2,1H3. The van der Waals surface area contributed by atoms with Crippen molar-refractivity contribution >= 4 is 28.5 Å². The first-order valence-electron chi connectivity index (χ1n) is 6.78. The monoisotopic (exact) mass is 291 g/mol. The third-order valence-electron chi connectivity index (χ3n) is 3.50. The number of thiophene rings is 1. The molecule has 0 aliphatic heterocycles. The highest BCUT2D eigenvalue weighted by molar-refractivity contribution is 7.14. The van der Waals surface area contributed by atoms with Crippen molar-refractivity contribution in [2.24, 2.45) is 0 Å². The molecule has 0 atom stereocenters. The minimum absolute atomic E-state index is 0.229. The maximum absolute atomic E-state index is 12.3. The molecule has 1 aliphatic carbocycles. The highest BCUT2D eigenvalue weighted by atomic mass is 32.1. The normalized spacial score (nSPS) is 15.0. The number of Topliss-reactive ketones (excluding diaryl/α,β-unsaturated/α-hetero) is 1. The van der Waals surface area contributed by atoms with Crippen LogP contribution in [0, 0.1) is 6.92 Å². The molecule has 0 N–H and O–H groups in total. The summed E-state index contributed by atoms with van der Waals surface area (Å²) in [6.45, 7) is 1.97. The number of aromatic nitrogens is 1. The van der Waals surface area contributed by atoms with Gasteiger partial charge in [-0.1, -0.05) is 6.42 Å². The SMILES string of the molecule is Cc1csc(CC(=O)c2cc3c(s2)CCCCC3)n1. The Kier molecular flexibility index (Phi) is 3.80. The summed E-state index contributed by atoms with van der Waals surface area (Å²) in [5, 5.41) is 2.94. The Hall–Kier alpha value is -1.00. The molecule has 0 spiro atoms. The van der Waals surface area contributed by atoms with E-state index >= 15 is 0 Å². The minimum Gasteiger partial charge on any atom is -0.293 e. The first-order chi connectivity index (χ1) is 9.22. The summed E-state index contributed by atoms with van der Waals surface area (Å²) in [5.41, 5.74) is 2.43. The Morgan fingerprint density at radius 3 is 2.95 bits per heavy atom. The molecule has 2 heterocycles. The van der Waals surface area contributed by atoms with Crippen molar-refractivity contribution in [1.82, 2.24) is 4.98 Å². The number of hydrogen-bond acceptors (Lipinski definition) is 4. The van der Waals surface area contributed by atoms with E-state index in [1.54, 1.807) is 22.7 Å². The molecule has 4 heteroatoms. The number of carbonyl (C=O) groups excluding carboxylic acids is 1. The number of nitrogens with zero attached hydrogens (tertiary/aromatic N) is 1. The first-order valence-corrected chi connectivity index (χ1v) is 8.48. The number of hydrogen-bond donors (Lipinski definition) is 0. The van der Waals surface area contributed by atoms with Gasteiger partial charge in [0.05, 0.1) is 11.3 Å². The fourth-order valence-corrected chi connectivity index (χ4v) is 4.47. The van der Waals surface area contributed by atoms with Crippen LogP contribution in [0.2, 0.25) is 0 Å². The quantitative estimate of drug-likeness (QED) is 0.626. The maximum Gasteiger partial charge on any atom is 0.179 e. The van der Waals surface area contributed by atoms with E-state index in [0.29, 0.717) is 6.42 Å². The highest BCUT2D eigenvalue weighted by Gasteiger charge is 2.17. The van der Waals surface area contributed by atoms with Gasteiger partial charge in [0.2, 0.25) is 0 Å². The van der Waals surface area contributed by atoms with Crippen LogP contribution < -0.4 is 0 Å². The van der Waals surface area contributed by atoms with Gasteiger partial charge in [0.1, 0.15) is 5.01 Å². The van der Waals surface area contributed by atoms with Crippen LogP contribution >= 0.6 is 22.7 Å². The van der Waals surface area contributed by atoms with Gasteiger partial charge in [-0.25, -0.2) is 4.98 Å². The predicted octanol–water partition coefficient (Wildman–Crippen LogP) is 4.21. The van der Waals surface area contributed by atoms with Gasteiger partial charge in [-0.05, 0) is 44.2 Å². The molecule has 100 valence electrons. The largest absolute Gasteiger partial charge is 0.293 e. The Morgan fingerprint density at radius 2 is 2.16 bits per heavy atom. The van der Waals surface area contributed by atoms with Crippen molar-refractivity contribution in [3.05, 3.63) is 37.5 Å². The topological polar surface area (TPSA) is 30.0 Å². The van der Waals surface area contributed by atoms with Gasteiger partial charge in [0.15, 0.2) is 5.78 Å². The van der Waals surface area contributed by atoms with E-state index in [0.717, 1.165) is 28.4 Å². The molecule has 2 aromatic heterocycles. The molecule has 3 rings (SSSR count). The van der Waals surface area contributed by atoms with E-state index in [4.69, 9.17) is 0 Å². The van der Waals surface area contributed by atoms with E-state index in [9.17, 15) is 4.79 Å². The number of fused-ring (bicyclic) bond motifs is 1. The fourth-order valence-electron chi connectivity index (χ4n) is 2.51.